The highest BCUT2D eigenvalue weighted by atomic mass is 31.2. The average molecular weight is 1130 g/mol. The van der Waals surface area contributed by atoms with Crippen LogP contribution in [0.4, 0.5) is 0 Å². The van der Waals surface area contributed by atoms with Crippen molar-refractivity contribution in [2.45, 2.75) is 315 Å². The predicted octanol–water partition coefficient (Wildman–Crippen LogP) is 20.5. The molecule has 79 heavy (non-hydrogen) atoms. The lowest BCUT2D eigenvalue weighted by molar-refractivity contribution is -0.870. The quantitative estimate of drug-likeness (QED) is 0.0272. The number of hydrogen-bond acceptors (Lipinski definition) is 6. The lowest BCUT2D eigenvalue weighted by Gasteiger charge is -2.30. The maximum absolute atomic E-state index is 13.0. The van der Waals surface area contributed by atoms with Gasteiger partial charge in [-0.2, -0.15) is 0 Å². The summed E-state index contributed by atoms with van der Waals surface area (Å²) in [6.07, 6.45) is 84.9. The highest BCUT2D eigenvalue weighted by molar-refractivity contribution is 7.45. The molecule has 0 aliphatic rings. The van der Waals surface area contributed by atoms with Gasteiger partial charge in [0.1, 0.15) is 13.2 Å². The smallest absolute Gasteiger partial charge is 0.268 e. The van der Waals surface area contributed by atoms with Gasteiger partial charge in [-0.1, -0.05) is 311 Å². The molecular weight excluding hydrogens is 996 g/mol. The second kappa shape index (κ2) is 60.3. The van der Waals surface area contributed by atoms with Crippen LogP contribution in [0.5, 0.6) is 0 Å². The lowest BCUT2D eigenvalue weighted by Crippen LogP contribution is -2.46. The zero-order chi connectivity index (χ0) is 57.7. The van der Waals surface area contributed by atoms with Gasteiger partial charge in [0.05, 0.1) is 39.9 Å². The van der Waals surface area contributed by atoms with E-state index in [1.54, 1.807) is 0 Å². The van der Waals surface area contributed by atoms with Crippen LogP contribution in [-0.2, 0) is 18.4 Å². The van der Waals surface area contributed by atoms with Gasteiger partial charge in [0.15, 0.2) is 0 Å². The van der Waals surface area contributed by atoms with E-state index in [2.05, 4.69) is 104 Å². The summed E-state index contributed by atoms with van der Waals surface area (Å²) in [5, 5.41) is 14.1. The van der Waals surface area contributed by atoms with Crippen LogP contribution in [-0.4, -0.2) is 68.5 Å². The van der Waals surface area contributed by atoms with Crippen LogP contribution < -0.4 is 10.2 Å². The molecule has 3 atom stereocenters. The first-order valence-corrected chi connectivity index (χ1v) is 34.9. The summed E-state index contributed by atoms with van der Waals surface area (Å²) in [6.45, 7) is 4.64. The molecule has 0 saturated heterocycles. The monoisotopic (exact) mass is 1120 g/mol. The number of unbranched alkanes of at least 4 members (excludes halogenated alkanes) is 34. The molecule has 0 aromatic heterocycles. The fraction of sp³-hybridized carbons (Fsp3) is 0.786. The molecule has 0 radical (unpaired) electrons. The minimum atomic E-state index is -4.58. The first kappa shape index (κ1) is 76.7. The molecule has 0 aliphatic carbocycles. The third-order valence-electron chi connectivity index (χ3n) is 14.9. The molecule has 0 heterocycles. The predicted molar refractivity (Wildman–Crippen MR) is 343 cm³/mol. The van der Waals surface area contributed by atoms with Gasteiger partial charge in [-0.05, 0) is 70.6 Å². The van der Waals surface area contributed by atoms with Crippen molar-refractivity contribution in [1.29, 1.82) is 0 Å². The number of carbonyl (C=O) groups excluding carboxylic acids is 1. The minimum absolute atomic E-state index is 0.00907. The fourth-order valence-corrected chi connectivity index (χ4v) is 10.5. The van der Waals surface area contributed by atoms with Crippen molar-refractivity contribution in [1.82, 2.24) is 5.32 Å². The van der Waals surface area contributed by atoms with E-state index < -0.39 is 20.0 Å². The highest BCUT2D eigenvalue weighted by Crippen LogP contribution is 2.38. The first-order valence-electron chi connectivity index (χ1n) is 33.4. The number of aliphatic hydroxyl groups is 1. The molecule has 8 nitrogen and oxygen atoms in total. The van der Waals surface area contributed by atoms with E-state index in [1.807, 2.05) is 21.1 Å². The summed E-state index contributed by atoms with van der Waals surface area (Å²) < 4.78 is 23.5. The van der Waals surface area contributed by atoms with Gasteiger partial charge >= 0.3 is 0 Å². The number of nitrogens with one attached hydrogen (secondary N) is 1. The number of quaternary nitrogens is 1. The van der Waals surface area contributed by atoms with Gasteiger partial charge in [-0.25, -0.2) is 0 Å². The number of rotatable bonds is 61. The van der Waals surface area contributed by atoms with Gasteiger partial charge in [0.25, 0.3) is 7.82 Å². The number of phosphoric ester groups is 1. The zero-order valence-electron chi connectivity index (χ0n) is 52.6. The summed E-state index contributed by atoms with van der Waals surface area (Å²) in [6, 6.07) is -0.809. The second-order valence-corrected chi connectivity index (χ2v) is 25.2. The van der Waals surface area contributed by atoms with Crippen LogP contribution in [0.3, 0.4) is 0 Å². The minimum Gasteiger partial charge on any atom is -0.756 e. The van der Waals surface area contributed by atoms with Crippen molar-refractivity contribution in [3.05, 3.63) is 85.1 Å². The third-order valence-corrected chi connectivity index (χ3v) is 15.9. The standard InChI is InChI=1S/C70H129N2O6P/c1-6-8-10-12-14-16-18-20-22-24-26-28-30-32-33-34-35-36-37-38-39-40-42-44-46-48-50-52-54-56-58-60-62-64-70(74)71-68(67-78-79(75,76)77-66-65-72(3,4)5)69(73)63-61-59-57-55-53-51-49-47-45-43-41-31-29-27-25-23-21-19-17-15-13-11-9-7-2/h8,10,14,16,20,22,26,28,32-33,35-36,38-39,68-69,73H,6-7,9,11-13,15,17-19,21,23-25,27,29-31,34,37,40-67H2,1-5H3,(H-,71,74,75,76)/b10-8-,16-14-,22-20-,28-26-,33-32-,36-35-,39-38-. The number of phosphoric acid groups is 1. The average Bonchev–Trinajstić information content (AvgIpc) is 3.42. The molecule has 0 aliphatic heterocycles. The van der Waals surface area contributed by atoms with Crippen molar-refractivity contribution in [3.8, 4) is 0 Å². The summed E-state index contributed by atoms with van der Waals surface area (Å²) in [5.41, 5.74) is 0. The fourth-order valence-electron chi connectivity index (χ4n) is 9.73. The molecule has 0 saturated carbocycles. The van der Waals surface area contributed by atoms with Gasteiger partial charge in [0, 0.05) is 6.42 Å². The number of carbonyl (C=O) groups is 1. The Morgan fingerprint density at radius 3 is 1.13 bits per heavy atom. The number of aliphatic hydroxyl groups excluding tert-OH is 1. The molecule has 0 bridgehead atoms. The van der Waals surface area contributed by atoms with E-state index in [-0.39, 0.29) is 19.1 Å². The van der Waals surface area contributed by atoms with Crippen LogP contribution in [0.2, 0.25) is 0 Å². The number of allylic oxidation sites excluding steroid dienone is 14. The SMILES string of the molecule is CC/C=C\C/C=C\C/C=C\C/C=C\C/C=C\C/C=C\C/C=C\CCCCCCCCCCCCCC(=O)NC(COP(=O)([O-])OCC[N+](C)(C)C)C(O)CCCCCCCCCCCCCCCCCCCCCCCCCC. The van der Waals surface area contributed by atoms with Gasteiger partial charge in [-0.3, -0.25) is 9.36 Å². The topological polar surface area (TPSA) is 108 Å². The Morgan fingerprint density at radius 1 is 0.456 bits per heavy atom. The Bertz CT molecular complexity index is 1560. The largest absolute Gasteiger partial charge is 0.756 e. The molecule has 0 aromatic rings. The van der Waals surface area contributed by atoms with Gasteiger partial charge in [-0.15, -0.1) is 0 Å². The van der Waals surface area contributed by atoms with E-state index in [1.165, 1.54) is 193 Å². The Balaban J connectivity index is 4.10. The number of nitrogens with zero attached hydrogens (tertiary/aromatic N) is 1. The van der Waals surface area contributed by atoms with Crippen molar-refractivity contribution < 1.29 is 32.9 Å². The summed E-state index contributed by atoms with van der Waals surface area (Å²) >= 11 is 0. The zero-order valence-corrected chi connectivity index (χ0v) is 53.5. The van der Waals surface area contributed by atoms with E-state index in [4.69, 9.17) is 9.05 Å². The van der Waals surface area contributed by atoms with Crippen LogP contribution in [0.25, 0.3) is 0 Å². The van der Waals surface area contributed by atoms with Crippen LogP contribution in [0.1, 0.15) is 303 Å². The Hall–Kier alpha value is -2.32. The Kier molecular flexibility index (Phi) is 58.5. The van der Waals surface area contributed by atoms with Crippen molar-refractivity contribution in [3.63, 3.8) is 0 Å². The van der Waals surface area contributed by atoms with E-state index >= 15 is 0 Å². The Labute approximate surface area is 490 Å². The second-order valence-electron chi connectivity index (χ2n) is 23.8. The maximum atomic E-state index is 13.0. The molecule has 9 heteroatoms. The van der Waals surface area contributed by atoms with Crippen molar-refractivity contribution >= 4 is 13.7 Å². The molecule has 0 fully saturated rings. The molecule has 2 N–H and O–H groups in total. The van der Waals surface area contributed by atoms with E-state index in [9.17, 15) is 19.4 Å². The number of amides is 1. The molecule has 460 valence electrons. The van der Waals surface area contributed by atoms with Crippen molar-refractivity contribution in [2.24, 2.45) is 0 Å². The van der Waals surface area contributed by atoms with E-state index in [0.717, 1.165) is 83.5 Å². The number of hydrogen-bond donors (Lipinski definition) is 2. The van der Waals surface area contributed by atoms with Gasteiger partial charge in [0.2, 0.25) is 5.91 Å². The van der Waals surface area contributed by atoms with Crippen LogP contribution in [0.15, 0.2) is 85.1 Å². The summed E-state index contributed by atoms with van der Waals surface area (Å²) in [5.74, 6) is -0.167. The first-order chi connectivity index (χ1) is 38.5. The number of likely N-dealkylation sites (N-methyl/N-ethyl adjacent to an activating group) is 1. The summed E-state index contributed by atoms with van der Waals surface area (Å²) in [4.78, 5) is 25.6. The highest BCUT2D eigenvalue weighted by Gasteiger charge is 2.24. The Morgan fingerprint density at radius 2 is 0.772 bits per heavy atom. The van der Waals surface area contributed by atoms with Crippen LogP contribution in [0, 0.1) is 0 Å². The molecule has 3 unspecified atom stereocenters. The molecule has 1 amide bonds. The third kappa shape index (κ3) is 63.1. The molecule has 0 rings (SSSR count). The summed E-state index contributed by atoms with van der Waals surface area (Å²) in [7, 11) is 1.30. The molecule has 0 spiro atoms. The molecule has 0 aromatic carbocycles. The van der Waals surface area contributed by atoms with E-state index in [0.29, 0.717) is 23.9 Å². The van der Waals surface area contributed by atoms with Gasteiger partial charge < -0.3 is 28.8 Å². The van der Waals surface area contributed by atoms with Crippen LogP contribution >= 0.6 is 7.82 Å². The normalized spacial score (nSPS) is 14.3. The maximum Gasteiger partial charge on any atom is 0.268 e. The lowest BCUT2D eigenvalue weighted by atomic mass is 10.0. The van der Waals surface area contributed by atoms with Crippen molar-refractivity contribution in [2.75, 3.05) is 40.9 Å². The molecular formula is C70H129N2O6P.